The molecule has 1 aliphatic rings. The van der Waals surface area contributed by atoms with Gasteiger partial charge in [-0.2, -0.15) is 0 Å². The number of benzene rings is 3. The average molecular weight is 516 g/mol. The highest BCUT2D eigenvalue weighted by Crippen LogP contribution is 2.37. The zero-order valence-corrected chi connectivity index (χ0v) is 21.5. The van der Waals surface area contributed by atoms with Crippen LogP contribution in [0.4, 0.5) is 11.4 Å². The van der Waals surface area contributed by atoms with Gasteiger partial charge >= 0.3 is 5.97 Å². The van der Waals surface area contributed by atoms with Gasteiger partial charge in [-0.15, -0.1) is 0 Å². The topological polar surface area (TPSA) is 83.5 Å². The molecular formula is C30H30ClN3O3. The van der Waals surface area contributed by atoms with Crippen molar-refractivity contribution in [2.75, 3.05) is 18.5 Å². The minimum absolute atomic E-state index is 0.0352. The number of para-hydroxylation sites is 1. The number of carboxylic acid groups (broad SMARTS) is 1. The molecule has 1 saturated heterocycles. The zero-order valence-electron chi connectivity index (χ0n) is 20.7. The summed E-state index contributed by atoms with van der Waals surface area (Å²) in [6.07, 6.45) is 1.77. The Morgan fingerprint density at radius 2 is 1.92 bits per heavy atom. The zero-order chi connectivity index (χ0) is 25.8. The van der Waals surface area contributed by atoms with Gasteiger partial charge in [-0.05, 0) is 62.6 Å². The number of ether oxygens (including phenoxy) is 1. The molecule has 2 heterocycles. The van der Waals surface area contributed by atoms with Crippen molar-refractivity contribution >= 4 is 39.8 Å². The number of aromatic nitrogens is 1. The van der Waals surface area contributed by atoms with Gasteiger partial charge in [0.15, 0.2) is 0 Å². The molecule has 3 N–H and O–H groups in total. The molecule has 2 unspecified atom stereocenters. The normalized spacial score (nSPS) is 19.5. The van der Waals surface area contributed by atoms with Crippen LogP contribution in [0.5, 0.6) is 5.75 Å². The van der Waals surface area contributed by atoms with Gasteiger partial charge in [-0.25, -0.2) is 0 Å². The van der Waals surface area contributed by atoms with Crippen molar-refractivity contribution in [1.29, 1.82) is 0 Å². The number of nitrogens with one attached hydrogen (secondary N) is 2. The summed E-state index contributed by atoms with van der Waals surface area (Å²) in [6, 6.07) is 25.2. The summed E-state index contributed by atoms with van der Waals surface area (Å²) in [6.45, 7) is 3.07. The predicted octanol–water partition coefficient (Wildman–Crippen LogP) is 6.48. The number of rotatable bonds is 8. The van der Waals surface area contributed by atoms with Crippen LogP contribution in [0, 0.1) is 6.92 Å². The first-order chi connectivity index (χ1) is 17.9. The molecule has 0 saturated carbocycles. The van der Waals surface area contributed by atoms with Crippen molar-refractivity contribution < 1.29 is 14.6 Å². The maximum atomic E-state index is 12.4. The van der Waals surface area contributed by atoms with Crippen molar-refractivity contribution in [2.45, 2.75) is 37.6 Å². The SMILES string of the molecule is Cc1cc(Nc2cc(Cl)cc(OCCC3CC(C(=O)O)(c4ccccc4)CCN3)c2)c2ccccc2n1. The van der Waals surface area contributed by atoms with E-state index < -0.39 is 11.4 Å². The number of anilines is 2. The molecule has 0 radical (unpaired) electrons. The Balaban J connectivity index is 1.26. The first-order valence-corrected chi connectivity index (χ1v) is 12.9. The minimum Gasteiger partial charge on any atom is -0.493 e. The van der Waals surface area contributed by atoms with Crippen LogP contribution in [-0.2, 0) is 10.2 Å². The third-order valence-corrected chi connectivity index (χ3v) is 7.26. The van der Waals surface area contributed by atoms with Gasteiger partial charge < -0.3 is 20.5 Å². The maximum Gasteiger partial charge on any atom is 0.314 e. The highest BCUT2D eigenvalue weighted by molar-refractivity contribution is 6.31. The lowest BCUT2D eigenvalue weighted by molar-refractivity contribution is -0.145. The van der Waals surface area contributed by atoms with Crippen LogP contribution in [0.3, 0.4) is 0 Å². The molecule has 0 bridgehead atoms. The quantitative estimate of drug-likeness (QED) is 0.249. The predicted molar refractivity (Wildman–Crippen MR) is 148 cm³/mol. The fraction of sp³-hybridized carbons (Fsp3) is 0.267. The molecule has 190 valence electrons. The lowest BCUT2D eigenvalue weighted by Crippen LogP contribution is -2.50. The minimum atomic E-state index is -0.879. The van der Waals surface area contributed by atoms with E-state index in [1.54, 1.807) is 6.07 Å². The number of piperidine rings is 1. The second-order valence-electron chi connectivity index (χ2n) is 9.62. The van der Waals surface area contributed by atoms with Gasteiger partial charge in [-0.1, -0.05) is 60.1 Å². The summed E-state index contributed by atoms with van der Waals surface area (Å²) < 4.78 is 6.09. The number of hydrogen-bond acceptors (Lipinski definition) is 5. The molecule has 0 spiro atoms. The Morgan fingerprint density at radius 3 is 2.73 bits per heavy atom. The monoisotopic (exact) mass is 515 g/mol. The van der Waals surface area contributed by atoms with Gasteiger partial charge in [-0.3, -0.25) is 9.78 Å². The van der Waals surface area contributed by atoms with E-state index in [1.165, 1.54) is 0 Å². The summed E-state index contributed by atoms with van der Waals surface area (Å²) in [5.74, 6) is -0.107. The highest BCUT2D eigenvalue weighted by Gasteiger charge is 2.44. The van der Waals surface area contributed by atoms with Crippen LogP contribution in [0.15, 0.2) is 78.9 Å². The van der Waals surface area contributed by atoms with Crippen LogP contribution < -0.4 is 15.4 Å². The molecule has 1 aliphatic heterocycles. The molecule has 1 aromatic heterocycles. The van der Waals surface area contributed by atoms with Crippen molar-refractivity contribution in [2.24, 2.45) is 0 Å². The lowest BCUT2D eigenvalue weighted by atomic mass is 9.70. The van der Waals surface area contributed by atoms with Crippen molar-refractivity contribution in [3.8, 4) is 5.75 Å². The van der Waals surface area contributed by atoms with E-state index in [1.807, 2.05) is 79.7 Å². The van der Waals surface area contributed by atoms with Crippen molar-refractivity contribution in [1.82, 2.24) is 10.3 Å². The number of aryl methyl sites for hydroxylation is 1. The maximum absolute atomic E-state index is 12.4. The van der Waals surface area contributed by atoms with E-state index in [2.05, 4.69) is 15.6 Å². The van der Waals surface area contributed by atoms with Gasteiger partial charge in [0.05, 0.1) is 17.5 Å². The van der Waals surface area contributed by atoms with Crippen LogP contribution in [0.2, 0.25) is 5.02 Å². The van der Waals surface area contributed by atoms with E-state index in [4.69, 9.17) is 16.3 Å². The molecule has 5 rings (SSSR count). The number of carboxylic acids is 1. The van der Waals surface area contributed by atoms with E-state index in [0.29, 0.717) is 43.2 Å². The number of nitrogens with zero attached hydrogens (tertiary/aromatic N) is 1. The molecule has 4 aromatic rings. The van der Waals surface area contributed by atoms with Gasteiger partial charge in [0.25, 0.3) is 0 Å². The second-order valence-corrected chi connectivity index (χ2v) is 10.1. The number of hydrogen-bond donors (Lipinski definition) is 3. The number of pyridine rings is 1. The summed E-state index contributed by atoms with van der Waals surface area (Å²) >= 11 is 6.42. The Kier molecular flexibility index (Phi) is 7.31. The Hall–Kier alpha value is -3.61. The smallest absolute Gasteiger partial charge is 0.314 e. The average Bonchev–Trinajstić information content (AvgIpc) is 2.89. The summed E-state index contributed by atoms with van der Waals surface area (Å²) in [5.41, 5.74) is 3.61. The molecule has 37 heavy (non-hydrogen) atoms. The van der Waals surface area contributed by atoms with Gasteiger partial charge in [0.2, 0.25) is 0 Å². The number of halogens is 1. The van der Waals surface area contributed by atoms with Crippen LogP contribution >= 0.6 is 11.6 Å². The van der Waals surface area contributed by atoms with E-state index in [-0.39, 0.29) is 6.04 Å². The molecule has 7 heteroatoms. The Morgan fingerprint density at radius 1 is 1.14 bits per heavy atom. The number of aliphatic carboxylic acids is 1. The molecular weight excluding hydrogens is 486 g/mol. The first-order valence-electron chi connectivity index (χ1n) is 12.5. The second kappa shape index (κ2) is 10.8. The highest BCUT2D eigenvalue weighted by atomic mass is 35.5. The molecule has 0 aliphatic carbocycles. The summed E-state index contributed by atoms with van der Waals surface area (Å²) in [4.78, 5) is 17.0. The van der Waals surface area contributed by atoms with Crippen LogP contribution in [0.1, 0.15) is 30.5 Å². The fourth-order valence-electron chi connectivity index (χ4n) is 5.23. The molecule has 0 amide bonds. The summed E-state index contributed by atoms with van der Waals surface area (Å²) in [5, 5.41) is 18.7. The summed E-state index contributed by atoms with van der Waals surface area (Å²) in [7, 11) is 0. The molecule has 1 fully saturated rings. The first kappa shape index (κ1) is 25.1. The number of fused-ring (bicyclic) bond motifs is 1. The third-order valence-electron chi connectivity index (χ3n) is 7.05. The van der Waals surface area contributed by atoms with E-state index >= 15 is 0 Å². The van der Waals surface area contributed by atoms with Crippen molar-refractivity contribution in [3.05, 3.63) is 95.1 Å². The van der Waals surface area contributed by atoms with Crippen molar-refractivity contribution in [3.63, 3.8) is 0 Å². The van der Waals surface area contributed by atoms with Gasteiger partial charge in [0, 0.05) is 39.6 Å². The largest absolute Gasteiger partial charge is 0.493 e. The third kappa shape index (κ3) is 5.55. The number of carbonyl (C=O) groups is 1. The van der Waals surface area contributed by atoms with Crippen LogP contribution in [0.25, 0.3) is 10.9 Å². The van der Waals surface area contributed by atoms with E-state index in [9.17, 15) is 9.90 Å². The lowest BCUT2D eigenvalue weighted by Gasteiger charge is -2.38. The van der Waals surface area contributed by atoms with E-state index in [0.717, 1.165) is 33.5 Å². The van der Waals surface area contributed by atoms with Gasteiger partial charge in [0.1, 0.15) is 5.75 Å². The fourth-order valence-corrected chi connectivity index (χ4v) is 5.45. The molecule has 6 nitrogen and oxygen atoms in total. The standard InChI is InChI=1S/C30H30ClN3O3/c1-20-15-28(26-9-5-6-10-27(26)33-20)34-24-16-22(31)17-25(18-24)37-14-11-23-19-30(29(35)36,12-13-32-23)21-7-3-2-4-8-21/h2-10,15-18,23,32H,11-14,19H2,1H3,(H,33,34)(H,35,36). The molecule has 2 atom stereocenters. The van der Waals surface area contributed by atoms with Crippen LogP contribution in [-0.4, -0.2) is 35.3 Å². The Labute approximate surface area is 221 Å². The Bertz CT molecular complexity index is 1410. The molecule has 3 aromatic carbocycles.